The predicted octanol–water partition coefficient (Wildman–Crippen LogP) is 6.04. The summed E-state index contributed by atoms with van der Waals surface area (Å²) in [5.74, 6) is 2.40. The number of fused-ring (bicyclic) bond motifs is 3. The van der Waals surface area contributed by atoms with Gasteiger partial charge in [-0.25, -0.2) is 0 Å². The minimum Gasteiger partial charge on any atom is -0.496 e. The molecule has 0 N–H and O–H groups in total. The van der Waals surface area contributed by atoms with E-state index in [9.17, 15) is 0 Å². The molecule has 0 bridgehead atoms. The van der Waals surface area contributed by atoms with Crippen LogP contribution in [0.25, 0.3) is 0 Å². The van der Waals surface area contributed by atoms with E-state index in [2.05, 4.69) is 52.8 Å². The second kappa shape index (κ2) is 6.13. The Bertz CT molecular complexity index is 656. The number of allylic oxidation sites excluding steroid dienone is 2. The molecule has 0 aromatic heterocycles. The molecule has 3 rings (SSSR count). The van der Waals surface area contributed by atoms with Gasteiger partial charge >= 0.3 is 0 Å². The predicted molar refractivity (Wildman–Crippen MR) is 100 cm³/mol. The molecule has 1 aliphatic heterocycles. The van der Waals surface area contributed by atoms with E-state index >= 15 is 0 Å². The monoisotopic (exact) mass is 328 g/mol. The molecule has 2 atom stereocenters. The second-order valence-electron chi connectivity index (χ2n) is 8.36. The zero-order valence-corrected chi connectivity index (χ0v) is 16.2. The van der Waals surface area contributed by atoms with Gasteiger partial charge in [0.25, 0.3) is 0 Å². The summed E-state index contributed by atoms with van der Waals surface area (Å²) in [4.78, 5) is 0. The largest absolute Gasteiger partial charge is 0.496 e. The van der Waals surface area contributed by atoms with Crippen molar-refractivity contribution in [3.05, 3.63) is 34.9 Å². The highest BCUT2D eigenvalue weighted by Crippen LogP contribution is 2.61. The van der Waals surface area contributed by atoms with Gasteiger partial charge in [0.05, 0.1) is 7.11 Å². The highest BCUT2D eigenvalue weighted by molar-refractivity contribution is 5.56. The van der Waals surface area contributed by atoms with Gasteiger partial charge in [-0.05, 0) is 57.7 Å². The van der Waals surface area contributed by atoms with E-state index in [0.717, 1.165) is 24.3 Å². The fourth-order valence-corrected chi connectivity index (χ4v) is 4.54. The summed E-state index contributed by atoms with van der Waals surface area (Å²) in [6.45, 7) is 11.3. The number of hydrogen-bond donors (Lipinski definition) is 0. The number of aryl methyl sites for hydroxylation is 1. The Morgan fingerprint density at radius 3 is 2.62 bits per heavy atom. The molecule has 1 aliphatic carbocycles. The number of rotatable bonds is 5. The third kappa shape index (κ3) is 2.64. The molecule has 0 saturated heterocycles. The van der Waals surface area contributed by atoms with E-state index in [0.29, 0.717) is 5.92 Å². The Balaban J connectivity index is 2.06. The van der Waals surface area contributed by atoms with Crippen LogP contribution in [0.15, 0.2) is 23.8 Å². The lowest BCUT2D eigenvalue weighted by Gasteiger charge is -2.50. The van der Waals surface area contributed by atoms with Crippen molar-refractivity contribution in [1.82, 2.24) is 0 Å². The van der Waals surface area contributed by atoms with Crippen LogP contribution in [0.5, 0.6) is 11.5 Å². The van der Waals surface area contributed by atoms with Crippen molar-refractivity contribution < 1.29 is 9.47 Å². The standard InChI is InChI=1S/C22H32O2/c1-7-8-9-10-16-12-18(23-6)20-17-11-15(2)14-22(17,5)21(3,4)24-19(20)13-16/h11-13,17H,7-10,14H2,1-6H3/t17?,22-/m1/s1. The van der Waals surface area contributed by atoms with Crippen LogP contribution in [0, 0.1) is 5.41 Å². The molecule has 2 nitrogen and oxygen atoms in total. The average molecular weight is 328 g/mol. The first-order valence-electron chi connectivity index (χ1n) is 9.39. The molecule has 0 saturated carbocycles. The van der Waals surface area contributed by atoms with Gasteiger partial charge in [-0.15, -0.1) is 0 Å². The average Bonchev–Trinajstić information content (AvgIpc) is 2.82. The van der Waals surface area contributed by atoms with E-state index in [4.69, 9.17) is 9.47 Å². The van der Waals surface area contributed by atoms with Gasteiger partial charge in [0.15, 0.2) is 0 Å². The lowest BCUT2D eigenvalue weighted by molar-refractivity contribution is -0.0434. The minimum absolute atomic E-state index is 0.0844. The van der Waals surface area contributed by atoms with E-state index in [1.54, 1.807) is 7.11 Å². The Labute approximate surface area is 147 Å². The Morgan fingerprint density at radius 2 is 1.96 bits per heavy atom. The quantitative estimate of drug-likeness (QED) is 0.484. The zero-order chi connectivity index (χ0) is 17.5. The molecular formula is C22H32O2. The van der Waals surface area contributed by atoms with Crippen molar-refractivity contribution in [2.75, 3.05) is 7.11 Å². The lowest BCUT2D eigenvalue weighted by Crippen LogP contribution is -2.51. The first-order chi connectivity index (χ1) is 11.3. The smallest absolute Gasteiger partial charge is 0.127 e. The summed E-state index contributed by atoms with van der Waals surface area (Å²) >= 11 is 0. The fraction of sp³-hybridized carbons (Fsp3) is 0.636. The van der Waals surface area contributed by atoms with Crippen LogP contribution in [0.1, 0.15) is 77.3 Å². The Morgan fingerprint density at radius 1 is 1.21 bits per heavy atom. The molecule has 1 heterocycles. The van der Waals surface area contributed by atoms with Gasteiger partial charge in [0.1, 0.15) is 17.1 Å². The Hall–Kier alpha value is -1.44. The van der Waals surface area contributed by atoms with Gasteiger partial charge in [0, 0.05) is 16.9 Å². The van der Waals surface area contributed by atoms with E-state index in [-0.39, 0.29) is 11.0 Å². The first kappa shape index (κ1) is 17.4. The molecule has 24 heavy (non-hydrogen) atoms. The zero-order valence-electron chi connectivity index (χ0n) is 16.2. The molecule has 0 spiro atoms. The van der Waals surface area contributed by atoms with Crippen LogP contribution in [0.3, 0.4) is 0 Å². The maximum absolute atomic E-state index is 6.56. The van der Waals surface area contributed by atoms with Gasteiger partial charge in [-0.2, -0.15) is 0 Å². The van der Waals surface area contributed by atoms with Crippen molar-refractivity contribution in [3.63, 3.8) is 0 Å². The van der Waals surface area contributed by atoms with Gasteiger partial charge in [-0.1, -0.05) is 38.3 Å². The fourth-order valence-electron chi connectivity index (χ4n) is 4.54. The molecule has 2 heteroatoms. The van der Waals surface area contributed by atoms with E-state index < -0.39 is 0 Å². The van der Waals surface area contributed by atoms with Gasteiger partial charge in [0.2, 0.25) is 0 Å². The summed E-state index contributed by atoms with van der Waals surface area (Å²) in [6.07, 6.45) is 8.36. The van der Waals surface area contributed by atoms with Gasteiger partial charge < -0.3 is 9.47 Å². The van der Waals surface area contributed by atoms with E-state index in [1.165, 1.54) is 36.0 Å². The van der Waals surface area contributed by atoms with E-state index in [1.807, 2.05) is 0 Å². The van der Waals surface area contributed by atoms with Crippen LogP contribution in [-0.2, 0) is 6.42 Å². The van der Waals surface area contributed by atoms with Crippen LogP contribution in [0.2, 0.25) is 0 Å². The molecule has 2 aliphatic rings. The van der Waals surface area contributed by atoms with Crippen molar-refractivity contribution in [2.24, 2.45) is 5.41 Å². The molecular weight excluding hydrogens is 296 g/mol. The molecule has 0 fully saturated rings. The summed E-state index contributed by atoms with van der Waals surface area (Å²) < 4.78 is 12.4. The topological polar surface area (TPSA) is 18.5 Å². The van der Waals surface area contributed by atoms with Crippen molar-refractivity contribution in [1.29, 1.82) is 0 Å². The van der Waals surface area contributed by atoms with Crippen molar-refractivity contribution >= 4 is 0 Å². The second-order valence-corrected chi connectivity index (χ2v) is 8.36. The molecule has 0 radical (unpaired) electrons. The maximum Gasteiger partial charge on any atom is 0.127 e. The minimum atomic E-state index is -0.189. The number of methoxy groups -OCH3 is 1. The normalized spacial score (nSPS) is 27.1. The molecule has 1 aromatic rings. The summed E-state index contributed by atoms with van der Waals surface area (Å²) in [6, 6.07) is 4.49. The molecule has 132 valence electrons. The summed E-state index contributed by atoms with van der Waals surface area (Å²) in [7, 11) is 1.79. The van der Waals surface area contributed by atoms with Crippen molar-refractivity contribution in [2.45, 2.75) is 78.2 Å². The van der Waals surface area contributed by atoms with Crippen LogP contribution in [-0.4, -0.2) is 12.7 Å². The van der Waals surface area contributed by atoms with Crippen LogP contribution >= 0.6 is 0 Å². The highest BCUT2D eigenvalue weighted by atomic mass is 16.5. The molecule has 0 amide bonds. The summed E-state index contributed by atoms with van der Waals surface area (Å²) in [5, 5.41) is 0. The van der Waals surface area contributed by atoms with Crippen molar-refractivity contribution in [3.8, 4) is 11.5 Å². The number of hydrogen-bond acceptors (Lipinski definition) is 2. The van der Waals surface area contributed by atoms with Crippen LogP contribution in [0.4, 0.5) is 0 Å². The van der Waals surface area contributed by atoms with Crippen LogP contribution < -0.4 is 9.47 Å². The SMILES string of the molecule is CCCCCc1cc(OC)c2c(c1)OC(C)(C)[C@]1(C)CC(C)=CC21. The third-order valence-corrected chi connectivity index (χ3v) is 6.29. The lowest BCUT2D eigenvalue weighted by atomic mass is 9.63. The maximum atomic E-state index is 6.56. The number of unbranched alkanes of at least 4 members (excludes halogenated alkanes) is 2. The number of ether oxygens (including phenoxy) is 2. The third-order valence-electron chi connectivity index (χ3n) is 6.29. The highest BCUT2D eigenvalue weighted by Gasteiger charge is 2.55. The molecule has 1 aromatic carbocycles. The molecule has 1 unspecified atom stereocenters. The summed E-state index contributed by atoms with van der Waals surface area (Å²) in [5.41, 5.74) is 3.93. The number of benzene rings is 1. The van der Waals surface area contributed by atoms with Gasteiger partial charge in [-0.3, -0.25) is 0 Å². The first-order valence-corrected chi connectivity index (χ1v) is 9.39. The Kier molecular flexibility index (Phi) is 4.44.